The van der Waals surface area contributed by atoms with Gasteiger partial charge >= 0.3 is 0 Å². The lowest BCUT2D eigenvalue weighted by molar-refractivity contribution is 0.890. The van der Waals surface area contributed by atoms with E-state index in [0.717, 1.165) is 18.4 Å². The number of rotatable bonds is 3. The molecule has 60 valence electrons. The Morgan fingerprint density at radius 1 is 1.55 bits per heavy atom. The van der Waals surface area contributed by atoms with Gasteiger partial charge in [-0.05, 0) is 17.2 Å². The number of nitroso groups, excluding NO2 is 1. The zero-order chi connectivity index (χ0) is 8.27. The van der Waals surface area contributed by atoms with Gasteiger partial charge in [-0.2, -0.15) is 0 Å². The predicted molar refractivity (Wildman–Crippen MR) is 44.9 cm³/mol. The third-order valence-electron chi connectivity index (χ3n) is 1.63. The molecule has 1 heterocycles. The van der Waals surface area contributed by atoms with Crippen LogP contribution in [0.15, 0.2) is 17.6 Å². The Kier molecular flexibility index (Phi) is 2.41. The van der Waals surface area contributed by atoms with Crippen molar-refractivity contribution in [2.45, 2.75) is 19.8 Å². The van der Waals surface area contributed by atoms with Gasteiger partial charge in [-0.25, -0.2) is 0 Å². The minimum Gasteiger partial charge on any atom is -0.355 e. The lowest BCUT2D eigenvalue weighted by Gasteiger charge is -1.90. The van der Waals surface area contributed by atoms with Crippen molar-refractivity contribution in [2.24, 2.45) is 12.2 Å². The summed E-state index contributed by atoms with van der Waals surface area (Å²) in [5.74, 6) is 0. The molecular weight excluding hydrogens is 140 g/mol. The lowest BCUT2D eigenvalue weighted by Crippen LogP contribution is -1.80. The average Bonchev–Trinajstić information content (AvgIpc) is 2.32. The SMILES string of the molecule is CCCc1cn(C)cc1N=O. The highest BCUT2D eigenvalue weighted by molar-refractivity contribution is 5.44. The monoisotopic (exact) mass is 152 g/mol. The Hall–Kier alpha value is -1.12. The van der Waals surface area contributed by atoms with E-state index in [9.17, 15) is 4.91 Å². The normalized spacial score (nSPS) is 10.0. The van der Waals surface area contributed by atoms with Crippen LogP contribution in [0, 0.1) is 4.91 Å². The van der Waals surface area contributed by atoms with Crippen molar-refractivity contribution in [3.63, 3.8) is 0 Å². The van der Waals surface area contributed by atoms with Crippen molar-refractivity contribution in [1.82, 2.24) is 4.57 Å². The van der Waals surface area contributed by atoms with E-state index in [4.69, 9.17) is 0 Å². The van der Waals surface area contributed by atoms with Crippen molar-refractivity contribution < 1.29 is 0 Å². The first kappa shape index (κ1) is 7.98. The molecule has 0 saturated carbocycles. The number of nitrogens with zero attached hydrogens (tertiary/aromatic N) is 2. The summed E-state index contributed by atoms with van der Waals surface area (Å²) in [6, 6.07) is 0. The smallest absolute Gasteiger partial charge is 0.128 e. The summed E-state index contributed by atoms with van der Waals surface area (Å²) in [5.41, 5.74) is 1.62. The zero-order valence-electron chi connectivity index (χ0n) is 6.87. The highest BCUT2D eigenvalue weighted by atomic mass is 16.3. The van der Waals surface area contributed by atoms with Gasteiger partial charge in [-0.1, -0.05) is 13.3 Å². The minimum atomic E-state index is 0.578. The molecule has 0 radical (unpaired) electrons. The highest BCUT2D eigenvalue weighted by Crippen LogP contribution is 2.20. The Bertz CT molecular complexity index is 253. The first-order valence-electron chi connectivity index (χ1n) is 3.76. The number of hydrogen-bond donors (Lipinski definition) is 0. The van der Waals surface area contributed by atoms with Crippen LogP contribution in [0.25, 0.3) is 0 Å². The number of hydrogen-bond acceptors (Lipinski definition) is 2. The maximum atomic E-state index is 10.3. The number of aryl methyl sites for hydroxylation is 2. The predicted octanol–water partition coefficient (Wildman–Crippen LogP) is 2.38. The van der Waals surface area contributed by atoms with E-state index in [1.807, 2.05) is 17.8 Å². The molecule has 0 bridgehead atoms. The van der Waals surface area contributed by atoms with E-state index in [2.05, 4.69) is 12.1 Å². The second-order valence-corrected chi connectivity index (χ2v) is 2.68. The maximum absolute atomic E-state index is 10.3. The van der Waals surface area contributed by atoms with Gasteiger partial charge in [0, 0.05) is 19.4 Å². The third kappa shape index (κ3) is 1.67. The summed E-state index contributed by atoms with van der Waals surface area (Å²) >= 11 is 0. The summed E-state index contributed by atoms with van der Waals surface area (Å²) in [6.07, 6.45) is 5.67. The lowest BCUT2D eigenvalue weighted by atomic mass is 10.2. The molecule has 1 aromatic heterocycles. The van der Waals surface area contributed by atoms with Crippen LogP contribution in [0.4, 0.5) is 5.69 Å². The second kappa shape index (κ2) is 3.32. The van der Waals surface area contributed by atoms with E-state index in [0.29, 0.717) is 5.69 Å². The highest BCUT2D eigenvalue weighted by Gasteiger charge is 2.03. The fraction of sp³-hybridized carbons (Fsp3) is 0.500. The van der Waals surface area contributed by atoms with Gasteiger partial charge in [-0.15, -0.1) is 4.91 Å². The van der Waals surface area contributed by atoms with Crippen LogP contribution < -0.4 is 0 Å². The Morgan fingerprint density at radius 3 is 2.82 bits per heavy atom. The Labute approximate surface area is 66.0 Å². The van der Waals surface area contributed by atoms with Gasteiger partial charge in [0.2, 0.25) is 0 Å². The van der Waals surface area contributed by atoms with E-state index in [1.54, 1.807) is 6.20 Å². The molecule has 1 rings (SSSR count). The molecule has 0 unspecified atom stereocenters. The van der Waals surface area contributed by atoms with Gasteiger partial charge in [-0.3, -0.25) is 0 Å². The van der Waals surface area contributed by atoms with Crippen molar-refractivity contribution in [3.05, 3.63) is 22.9 Å². The van der Waals surface area contributed by atoms with E-state index >= 15 is 0 Å². The molecule has 0 saturated heterocycles. The van der Waals surface area contributed by atoms with Crippen molar-refractivity contribution in [1.29, 1.82) is 0 Å². The van der Waals surface area contributed by atoms with Crippen LogP contribution in [0.5, 0.6) is 0 Å². The fourth-order valence-corrected chi connectivity index (χ4v) is 1.17. The van der Waals surface area contributed by atoms with Crippen LogP contribution in [0.1, 0.15) is 18.9 Å². The molecule has 0 N–H and O–H groups in total. The summed E-state index contributed by atoms with van der Waals surface area (Å²) in [6.45, 7) is 2.08. The number of aromatic nitrogens is 1. The summed E-state index contributed by atoms with van der Waals surface area (Å²) in [4.78, 5) is 10.3. The van der Waals surface area contributed by atoms with E-state index in [1.165, 1.54) is 0 Å². The first-order valence-corrected chi connectivity index (χ1v) is 3.76. The van der Waals surface area contributed by atoms with Gasteiger partial charge in [0.05, 0.1) is 0 Å². The molecule has 0 aliphatic rings. The van der Waals surface area contributed by atoms with Crippen LogP contribution in [0.2, 0.25) is 0 Å². The molecule has 11 heavy (non-hydrogen) atoms. The van der Waals surface area contributed by atoms with Crippen molar-refractivity contribution in [3.8, 4) is 0 Å². The van der Waals surface area contributed by atoms with Crippen LogP contribution >= 0.6 is 0 Å². The average molecular weight is 152 g/mol. The van der Waals surface area contributed by atoms with Gasteiger partial charge in [0.25, 0.3) is 0 Å². The second-order valence-electron chi connectivity index (χ2n) is 2.68. The summed E-state index contributed by atoms with van der Waals surface area (Å²) in [7, 11) is 1.90. The van der Waals surface area contributed by atoms with E-state index < -0.39 is 0 Å². The zero-order valence-corrected chi connectivity index (χ0v) is 6.87. The molecule has 1 aromatic rings. The fourth-order valence-electron chi connectivity index (χ4n) is 1.17. The molecule has 3 heteroatoms. The van der Waals surface area contributed by atoms with Crippen LogP contribution in [-0.4, -0.2) is 4.57 Å². The first-order chi connectivity index (χ1) is 5.27. The molecular formula is C8H12N2O. The Morgan fingerprint density at radius 2 is 2.27 bits per heavy atom. The van der Waals surface area contributed by atoms with Crippen molar-refractivity contribution >= 4 is 5.69 Å². The largest absolute Gasteiger partial charge is 0.355 e. The molecule has 3 nitrogen and oxygen atoms in total. The minimum absolute atomic E-state index is 0.578. The van der Waals surface area contributed by atoms with Crippen molar-refractivity contribution in [2.75, 3.05) is 0 Å². The quantitative estimate of drug-likeness (QED) is 0.612. The maximum Gasteiger partial charge on any atom is 0.128 e. The molecule has 0 fully saturated rings. The van der Waals surface area contributed by atoms with Gasteiger partial charge in [0.15, 0.2) is 0 Å². The molecule has 0 amide bonds. The van der Waals surface area contributed by atoms with E-state index in [-0.39, 0.29) is 0 Å². The Balaban J connectivity index is 2.92. The van der Waals surface area contributed by atoms with Crippen LogP contribution in [-0.2, 0) is 13.5 Å². The third-order valence-corrected chi connectivity index (χ3v) is 1.63. The topological polar surface area (TPSA) is 34.4 Å². The molecule has 0 aliphatic carbocycles. The molecule has 0 spiro atoms. The summed E-state index contributed by atoms with van der Waals surface area (Å²) in [5, 5.41) is 2.94. The van der Waals surface area contributed by atoms with Crippen LogP contribution in [0.3, 0.4) is 0 Å². The molecule has 0 aliphatic heterocycles. The van der Waals surface area contributed by atoms with Gasteiger partial charge < -0.3 is 4.57 Å². The van der Waals surface area contributed by atoms with Gasteiger partial charge in [0.1, 0.15) is 5.69 Å². The molecule has 0 atom stereocenters. The molecule has 0 aromatic carbocycles. The standard InChI is InChI=1S/C8H12N2O/c1-3-4-7-5-10(2)6-8(7)9-11/h5-6H,3-4H2,1-2H3. The summed E-state index contributed by atoms with van der Waals surface area (Å²) < 4.78 is 1.86.